The van der Waals surface area contributed by atoms with Crippen molar-refractivity contribution in [2.75, 3.05) is 0 Å². The van der Waals surface area contributed by atoms with E-state index in [1.54, 1.807) is 0 Å². The summed E-state index contributed by atoms with van der Waals surface area (Å²) in [5.41, 5.74) is 2.16. The van der Waals surface area contributed by atoms with Crippen molar-refractivity contribution in [3.63, 3.8) is 0 Å². The summed E-state index contributed by atoms with van der Waals surface area (Å²) in [6, 6.07) is 6.30. The summed E-state index contributed by atoms with van der Waals surface area (Å²) in [5.74, 6) is 0.645. The Hall–Kier alpha value is -0.800. The number of nitrogens with zero attached hydrogens (tertiary/aromatic N) is 1. The zero-order valence-electron chi connectivity index (χ0n) is 11.0. The molecule has 0 radical (unpaired) electrons. The maximum Gasteiger partial charge on any atom is 0.178 e. The molecule has 0 amide bonds. The number of hydrogen-bond acceptors (Lipinski definition) is 1. The molecule has 0 saturated carbocycles. The second kappa shape index (κ2) is 5.45. The first-order valence-electron chi connectivity index (χ1n) is 6.48. The van der Waals surface area contributed by atoms with Crippen molar-refractivity contribution in [3.8, 4) is 0 Å². The average molecular weight is 283 g/mol. The molecular weight excluding hydrogens is 264 g/mol. The van der Waals surface area contributed by atoms with Gasteiger partial charge in [0.2, 0.25) is 0 Å². The lowest BCUT2D eigenvalue weighted by Crippen LogP contribution is -2.15. The van der Waals surface area contributed by atoms with E-state index >= 15 is 0 Å². The lowest BCUT2D eigenvalue weighted by atomic mass is 9.95. The molecule has 1 heterocycles. The van der Waals surface area contributed by atoms with Gasteiger partial charge in [-0.2, -0.15) is 0 Å². The fourth-order valence-electron chi connectivity index (χ4n) is 2.69. The number of hydrogen-bond donors (Lipinski definition) is 1. The van der Waals surface area contributed by atoms with Crippen molar-refractivity contribution in [2.45, 2.75) is 39.7 Å². The number of H-pyrrole nitrogens is 1. The minimum absolute atomic E-state index is 0.405. The van der Waals surface area contributed by atoms with Crippen LogP contribution in [0.1, 0.15) is 39.7 Å². The Morgan fingerprint density at radius 1 is 1.33 bits per heavy atom. The zero-order chi connectivity index (χ0) is 13.3. The monoisotopic (exact) mass is 282 g/mol. The minimum atomic E-state index is 0.405. The quantitative estimate of drug-likeness (QED) is 0.750. The van der Waals surface area contributed by atoms with Gasteiger partial charge in [0.05, 0.1) is 11.0 Å². The third kappa shape index (κ3) is 2.34. The van der Waals surface area contributed by atoms with Crippen molar-refractivity contribution < 1.29 is 0 Å². The number of fused-ring (bicyclic) bond motifs is 1. The van der Waals surface area contributed by atoms with Crippen LogP contribution in [0.3, 0.4) is 0 Å². The molecule has 0 saturated heterocycles. The number of aromatic amines is 1. The third-order valence-electron chi connectivity index (χ3n) is 3.82. The standard InChI is InChI=1S/C14H19ClN2S/c1-4-10(5-2)9(3)17-13-7-6-11(15)8-12(13)16-14(17)18/h6-10H,4-5H2,1-3H3,(H,16,18). The highest BCUT2D eigenvalue weighted by Crippen LogP contribution is 2.29. The van der Waals surface area contributed by atoms with Gasteiger partial charge in [0, 0.05) is 11.1 Å². The van der Waals surface area contributed by atoms with Gasteiger partial charge in [-0.05, 0) is 43.3 Å². The van der Waals surface area contributed by atoms with E-state index in [1.165, 1.54) is 12.8 Å². The van der Waals surface area contributed by atoms with Crippen LogP contribution in [0.5, 0.6) is 0 Å². The van der Waals surface area contributed by atoms with E-state index in [2.05, 4.69) is 30.3 Å². The molecule has 98 valence electrons. The van der Waals surface area contributed by atoms with E-state index < -0.39 is 0 Å². The summed E-state index contributed by atoms with van der Waals surface area (Å²) in [6.45, 7) is 6.72. The van der Waals surface area contributed by atoms with E-state index in [0.29, 0.717) is 12.0 Å². The third-order valence-corrected chi connectivity index (χ3v) is 4.35. The van der Waals surface area contributed by atoms with Gasteiger partial charge < -0.3 is 9.55 Å². The van der Waals surface area contributed by atoms with Gasteiger partial charge in [0.15, 0.2) is 4.77 Å². The van der Waals surface area contributed by atoms with Crippen LogP contribution in [-0.2, 0) is 0 Å². The van der Waals surface area contributed by atoms with Crippen LogP contribution in [-0.4, -0.2) is 9.55 Å². The fourth-order valence-corrected chi connectivity index (χ4v) is 3.24. The molecule has 2 nitrogen and oxygen atoms in total. The Balaban J connectivity index is 2.56. The predicted molar refractivity (Wildman–Crippen MR) is 80.9 cm³/mol. The van der Waals surface area contributed by atoms with Crippen LogP contribution in [0.15, 0.2) is 18.2 Å². The highest BCUT2D eigenvalue weighted by Gasteiger charge is 2.18. The normalized spacial score (nSPS) is 13.4. The molecule has 2 aromatic rings. The maximum absolute atomic E-state index is 6.01. The average Bonchev–Trinajstić information content (AvgIpc) is 2.65. The second-order valence-corrected chi connectivity index (χ2v) is 5.60. The molecule has 0 spiro atoms. The van der Waals surface area contributed by atoms with Crippen LogP contribution in [0.25, 0.3) is 11.0 Å². The number of halogens is 1. The van der Waals surface area contributed by atoms with Gasteiger partial charge in [-0.15, -0.1) is 0 Å². The number of nitrogens with one attached hydrogen (secondary N) is 1. The van der Waals surface area contributed by atoms with Crippen molar-refractivity contribution >= 4 is 34.9 Å². The maximum atomic E-state index is 6.01. The van der Waals surface area contributed by atoms with E-state index in [4.69, 9.17) is 23.8 Å². The summed E-state index contributed by atoms with van der Waals surface area (Å²) in [5, 5.41) is 0.737. The molecule has 4 heteroatoms. The summed E-state index contributed by atoms with van der Waals surface area (Å²) in [4.78, 5) is 3.25. The number of rotatable bonds is 4. The first kappa shape index (κ1) is 13.6. The predicted octanol–water partition coefficient (Wildman–Crippen LogP) is 5.35. The fraction of sp³-hybridized carbons (Fsp3) is 0.500. The molecule has 1 atom stereocenters. The summed E-state index contributed by atoms with van der Waals surface area (Å²) >= 11 is 11.5. The Labute approximate surface area is 118 Å². The van der Waals surface area contributed by atoms with Crippen LogP contribution < -0.4 is 0 Å². The molecular formula is C14H19ClN2S. The molecule has 1 unspecified atom stereocenters. The van der Waals surface area contributed by atoms with Gasteiger partial charge in [-0.3, -0.25) is 0 Å². The lowest BCUT2D eigenvalue weighted by Gasteiger charge is -2.23. The van der Waals surface area contributed by atoms with Crippen LogP contribution >= 0.6 is 23.8 Å². The SMILES string of the molecule is CCC(CC)C(C)n1c(=S)[nH]c2cc(Cl)ccc21. The molecule has 1 aromatic carbocycles. The molecule has 1 N–H and O–H groups in total. The van der Waals surface area contributed by atoms with E-state index in [9.17, 15) is 0 Å². The highest BCUT2D eigenvalue weighted by atomic mass is 35.5. The Bertz CT molecular complexity index is 595. The molecule has 0 aliphatic carbocycles. The second-order valence-electron chi connectivity index (χ2n) is 4.78. The van der Waals surface area contributed by atoms with Gasteiger partial charge in [0.1, 0.15) is 0 Å². The van der Waals surface area contributed by atoms with Crippen LogP contribution in [0, 0.1) is 10.7 Å². The van der Waals surface area contributed by atoms with E-state index in [0.717, 1.165) is 20.8 Å². The first-order chi connectivity index (χ1) is 8.58. The lowest BCUT2D eigenvalue weighted by molar-refractivity contribution is 0.337. The minimum Gasteiger partial charge on any atom is -0.331 e. The van der Waals surface area contributed by atoms with Gasteiger partial charge in [0.25, 0.3) is 0 Å². The van der Waals surface area contributed by atoms with E-state index in [-0.39, 0.29) is 0 Å². The number of benzene rings is 1. The molecule has 2 rings (SSSR count). The Morgan fingerprint density at radius 2 is 2.00 bits per heavy atom. The molecule has 0 fully saturated rings. The molecule has 0 bridgehead atoms. The Morgan fingerprint density at radius 3 is 2.61 bits per heavy atom. The largest absolute Gasteiger partial charge is 0.331 e. The highest BCUT2D eigenvalue weighted by molar-refractivity contribution is 7.71. The van der Waals surface area contributed by atoms with E-state index in [1.807, 2.05) is 18.2 Å². The molecule has 18 heavy (non-hydrogen) atoms. The topological polar surface area (TPSA) is 20.7 Å². The zero-order valence-corrected chi connectivity index (χ0v) is 12.6. The van der Waals surface area contributed by atoms with Crippen molar-refractivity contribution in [2.24, 2.45) is 5.92 Å². The van der Waals surface area contributed by atoms with Gasteiger partial charge in [-0.1, -0.05) is 38.3 Å². The first-order valence-corrected chi connectivity index (χ1v) is 7.26. The molecule has 0 aliphatic heterocycles. The summed E-state index contributed by atoms with van der Waals surface area (Å²) < 4.78 is 3.00. The van der Waals surface area contributed by atoms with Gasteiger partial charge >= 0.3 is 0 Å². The molecule has 0 aliphatic rings. The molecule has 1 aromatic heterocycles. The smallest absolute Gasteiger partial charge is 0.178 e. The van der Waals surface area contributed by atoms with Gasteiger partial charge in [-0.25, -0.2) is 0 Å². The Kier molecular flexibility index (Phi) is 4.13. The summed E-state index contributed by atoms with van der Waals surface area (Å²) in [7, 11) is 0. The van der Waals surface area contributed by atoms with Crippen molar-refractivity contribution in [1.82, 2.24) is 9.55 Å². The van der Waals surface area contributed by atoms with Crippen molar-refractivity contribution in [3.05, 3.63) is 28.0 Å². The number of aromatic nitrogens is 2. The number of imidazole rings is 1. The van der Waals surface area contributed by atoms with Crippen LogP contribution in [0.2, 0.25) is 5.02 Å². The van der Waals surface area contributed by atoms with Crippen LogP contribution in [0.4, 0.5) is 0 Å². The van der Waals surface area contributed by atoms with Crippen molar-refractivity contribution in [1.29, 1.82) is 0 Å². The summed E-state index contributed by atoms with van der Waals surface area (Å²) in [6.07, 6.45) is 2.33.